The van der Waals surface area contributed by atoms with Gasteiger partial charge in [0.1, 0.15) is 22.7 Å². The first kappa shape index (κ1) is 21.9. The van der Waals surface area contributed by atoms with Crippen molar-refractivity contribution in [3.63, 3.8) is 0 Å². The van der Waals surface area contributed by atoms with Gasteiger partial charge in [0.15, 0.2) is 0 Å². The summed E-state index contributed by atoms with van der Waals surface area (Å²) in [5.41, 5.74) is 5.40. The standard InChI is InChI=1S/C27H25FN2O4/c1-13-9-22-25(26-24(13)14(2)16(4)33-26)15(3)19(27(32)34-22)11-23(31)29-8-7-17-12-30-21-6-5-18(28)10-20(17)21/h5-6,9-10,12,30H,7-8,11H2,1-4H3,(H,29,31). The van der Waals surface area contributed by atoms with Crippen molar-refractivity contribution < 1.29 is 18.0 Å². The summed E-state index contributed by atoms with van der Waals surface area (Å²) in [5.74, 6) is 0.228. The summed E-state index contributed by atoms with van der Waals surface area (Å²) in [7, 11) is 0. The number of benzene rings is 2. The fourth-order valence-corrected chi connectivity index (χ4v) is 4.75. The van der Waals surface area contributed by atoms with Crippen LogP contribution >= 0.6 is 0 Å². The van der Waals surface area contributed by atoms with Crippen LogP contribution in [0.15, 0.2) is 44.1 Å². The smallest absolute Gasteiger partial charge is 0.340 e. The zero-order valence-electron chi connectivity index (χ0n) is 19.5. The molecule has 0 saturated carbocycles. The molecule has 2 aromatic carbocycles. The zero-order valence-corrected chi connectivity index (χ0v) is 19.5. The van der Waals surface area contributed by atoms with E-state index < -0.39 is 5.63 Å². The molecule has 0 atom stereocenters. The molecule has 5 rings (SSSR count). The van der Waals surface area contributed by atoms with Crippen LogP contribution in [-0.4, -0.2) is 17.4 Å². The maximum atomic E-state index is 13.6. The summed E-state index contributed by atoms with van der Waals surface area (Å²) >= 11 is 0. The number of nitrogens with one attached hydrogen (secondary N) is 2. The van der Waals surface area contributed by atoms with Gasteiger partial charge in [0.25, 0.3) is 0 Å². The summed E-state index contributed by atoms with van der Waals surface area (Å²) in [6.07, 6.45) is 2.25. The van der Waals surface area contributed by atoms with Crippen molar-refractivity contribution in [3.8, 4) is 0 Å². The number of halogens is 1. The predicted octanol–water partition coefficient (Wildman–Crippen LogP) is 5.29. The highest BCUT2D eigenvalue weighted by atomic mass is 19.1. The predicted molar refractivity (Wildman–Crippen MR) is 130 cm³/mol. The van der Waals surface area contributed by atoms with Gasteiger partial charge < -0.3 is 19.1 Å². The number of furan rings is 1. The molecule has 0 aliphatic carbocycles. The van der Waals surface area contributed by atoms with Gasteiger partial charge in [-0.1, -0.05) is 0 Å². The molecule has 2 N–H and O–H groups in total. The lowest BCUT2D eigenvalue weighted by molar-refractivity contribution is -0.120. The van der Waals surface area contributed by atoms with Crippen LogP contribution in [0.4, 0.5) is 4.39 Å². The largest absolute Gasteiger partial charge is 0.460 e. The minimum atomic E-state index is -0.522. The van der Waals surface area contributed by atoms with Crippen LogP contribution in [0.2, 0.25) is 0 Å². The van der Waals surface area contributed by atoms with Crippen molar-refractivity contribution in [1.82, 2.24) is 10.3 Å². The number of hydrogen-bond acceptors (Lipinski definition) is 4. The van der Waals surface area contributed by atoms with E-state index in [0.29, 0.717) is 35.3 Å². The summed E-state index contributed by atoms with van der Waals surface area (Å²) < 4.78 is 25.2. The Morgan fingerprint density at radius 3 is 2.65 bits per heavy atom. The van der Waals surface area contributed by atoms with Gasteiger partial charge in [-0.25, -0.2) is 9.18 Å². The second-order valence-corrected chi connectivity index (χ2v) is 8.83. The maximum Gasteiger partial charge on any atom is 0.340 e. The third-order valence-electron chi connectivity index (χ3n) is 6.66. The van der Waals surface area contributed by atoms with E-state index in [0.717, 1.165) is 44.1 Å². The van der Waals surface area contributed by atoms with Gasteiger partial charge in [-0.15, -0.1) is 0 Å². The van der Waals surface area contributed by atoms with E-state index in [1.54, 1.807) is 6.07 Å². The van der Waals surface area contributed by atoms with E-state index in [1.807, 2.05) is 40.0 Å². The SMILES string of the molecule is Cc1oc2c(c(C)cc3oc(=O)c(CC(=O)NCCc4c[nH]c5ccc(F)cc45)c(C)c32)c1C. The van der Waals surface area contributed by atoms with E-state index >= 15 is 0 Å². The molecule has 34 heavy (non-hydrogen) atoms. The fraction of sp³-hybridized carbons (Fsp3) is 0.259. The van der Waals surface area contributed by atoms with E-state index in [4.69, 9.17) is 8.83 Å². The average molecular weight is 461 g/mol. The normalized spacial score (nSPS) is 11.7. The van der Waals surface area contributed by atoms with Crippen molar-refractivity contribution >= 4 is 38.7 Å². The molecule has 0 unspecified atom stereocenters. The van der Waals surface area contributed by atoms with E-state index in [9.17, 15) is 14.0 Å². The first-order valence-corrected chi connectivity index (χ1v) is 11.2. The van der Waals surface area contributed by atoms with Crippen LogP contribution in [0.5, 0.6) is 0 Å². The van der Waals surface area contributed by atoms with Gasteiger partial charge in [-0.3, -0.25) is 4.79 Å². The number of amides is 1. The van der Waals surface area contributed by atoms with Crippen molar-refractivity contribution in [2.75, 3.05) is 6.54 Å². The van der Waals surface area contributed by atoms with Crippen molar-refractivity contribution in [1.29, 1.82) is 0 Å². The number of aryl methyl sites for hydroxylation is 4. The molecule has 3 aromatic heterocycles. The minimum Gasteiger partial charge on any atom is -0.460 e. The van der Waals surface area contributed by atoms with Gasteiger partial charge in [0.2, 0.25) is 5.91 Å². The lowest BCUT2D eigenvalue weighted by atomic mass is 9.98. The molecule has 0 radical (unpaired) electrons. The highest BCUT2D eigenvalue weighted by Gasteiger charge is 2.21. The highest BCUT2D eigenvalue weighted by molar-refractivity contribution is 6.07. The fourth-order valence-electron chi connectivity index (χ4n) is 4.75. The van der Waals surface area contributed by atoms with Crippen molar-refractivity contribution in [2.24, 2.45) is 0 Å². The number of carbonyl (C=O) groups is 1. The van der Waals surface area contributed by atoms with E-state index in [2.05, 4.69) is 10.3 Å². The Kier molecular flexibility index (Phi) is 5.27. The van der Waals surface area contributed by atoms with Gasteiger partial charge in [-0.05, 0) is 80.6 Å². The van der Waals surface area contributed by atoms with Crippen LogP contribution in [0.1, 0.15) is 33.6 Å². The molecular formula is C27H25FN2O4. The monoisotopic (exact) mass is 460 g/mol. The third kappa shape index (κ3) is 3.57. The van der Waals surface area contributed by atoms with Gasteiger partial charge >= 0.3 is 5.63 Å². The molecular weight excluding hydrogens is 435 g/mol. The summed E-state index contributed by atoms with van der Waals surface area (Å²) in [6, 6.07) is 6.42. The number of fused-ring (bicyclic) bond motifs is 4. The summed E-state index contributed by atoms with van der Waals surface area (Å²) in [4.78, 5) is 28.5. The zero-order chi connectivity index (χ0) is 24.1. The van der Waals surface area contributed by atoms with Crippen LogP contribution in [0, 0.1) is 33.5 Å². The number of hydrogen-bond donors (Lipinski definition) is 2. The number of carbonyl (C=O) groups excluding carboxylic acids is 1. The molecule has 6 nitrogen and oxygen atoms in total. The lowest BCUT2D eigenvalue weighted by Gasteiger charge is -2.10. The first-order chi connectivity index (χ1) is 16.2. The Hall–Kier alpha value is -3.87. The number of aromatic amines is 1. The maximum absolute atomic E-state index is 13.6. The molecule has 3 heterocycles. The Bertz CT molecular complexity index is 1660. The molecule has 0 aliphatic rings. The van der Waals surface area contributed by atoms with Crippen LogP contribution in [0.25, 0.3) is 32.8 Å². The number of rotatable bonds is 5. The number of aromatic nitrogens is 1. The third-order valence-corrected chi connectivity index (χ3v) is 6.66. The highest BCUT2D eigenvalue weighted by Crippen LogP contribution is 2.36. The molecule has 0 bridgehead atoms. The van der Waals surface area contributed by atoms with Crippen molar-refractivity contribution in [2.45, 2.75) is 40.5 Å². The average Bonchev–Trinajstić information content (AvgIpc) is 3.31. The lowest BCUT2D eigenvalue weighted by Crippen LogP contribution is -2.29. The molecule has 7 heteroatoms. The Morgan fingerprint density at radius 1 is 1.06 bits per heavy atom. The molecule has 0 spiro atoms. The second kappa shape index (κ2) is 8.17. The number of H-pyrrole nitrogens is 1. The van der Waals surface area contributed by atoms with Crippen LogP contribution in [0.3, 0.4) is 0 Å². The Labute approximate surface area is 194 Å². The Balaban J connectivity index is 1.39. The topological polar surface area (TPSA) is 88.2 Å². The molecule has 0 aliphatic heterocycles. The van der Waals surface area contributed by atoms with Crippen LogP contribution in [-0.2, 0) is 17.6 Å². The summed E-state index contributed by atoms with van der Waals surface area (Å²) in [6.45, 7) is 8.06. The van der Waals surface area contributed by atoms with Crippen molar-refractivity contribution in [3.05, 3.63) is 80.3 Å². The quantitative estimate of drug-likeness (QED) is 0.349. The first-order valence-electron chi connectivity index (χ1n) is 11.2. The van der Waals surface area contributed by atoms with Gasteiger partial charge in [0, 0.05) is 29.0 Å². The molecule has 1 amide bonds. The minimum absolute atomic E-state index is 0.0966. The molecule has 0 fully saturated rings. The van der Waals surface area contributed by atoms with E-state index in [-0.39, 0.29) is 18.1 Å². The molecule has 0 saturated heterocycles. The molecule has 174 valence electrons. The van der Waals surface area contributed by atoms with Crippen LogP contribution < -0.4 is 10.9 Å². The molecule has 5 aromatic rings. The van der Waals surface area contributed by atoms with Gasteiger partial charge in [-0.2, -0.15) is 0 Å². The van der Waals surface area contributed by atoms with Gasteiger partial charge in [0.05, 0.1) is 17.4 Å². The second-order valence-electron chi connectivity index (χ2n) is 8.83. The summed E-state index contributed by atoms with van der Waals surface area (Å²) in [5, 5.41) is 5.38. The Morgan fingerprint density at radius 2 is 1.85 bits per heavy atom. The van der Waals surface area contributed by atoms with E-state index in [1.165, 1.54) is 12.1 Å².